The normalized spacial score (nSPS) is 15.5. The molecule has 0 saturated carbocycles. The summed E-state index contributed by atoms with van der Waals surface area (Å²) in [6.07, 6.45) is 6.68. The van der Waals surface area contributed by atoms with Crippen molar-refractivity contribution in [2.24, 2.45) is 0 Å². The van der Waals surface area contributed by atoms with E-state index in [0.717, 1.165) is 30.3 Å². The van der Waals surface area contributed by atoms with Crippen LogP contribution in [-0.4, -0.2) is 50.9 Å². The number of amides is 1. The van der Waals surface area contributed by atoms with Crippen molar-refractivity contribution in [2.75, 3.05) is 13.1 Å². The number of benzene rings is 1. The van der Waals surface area contributed by atoms with Crippen LogP contribution in [0.3, 0.4) is 0 Å². The summed E-state index contributed by atoms with van der Waals surface area (Å²) in [6.45, 7) is 9.00. The molecule has 0 aliphatic carbocycles. The van der Waals surface area contributed by atoms with Crippen molar-refractivity contribution < 1.29 is 24.2 Å². The first-order chi connectivity index (χ1) is 17.6. The van der Waals surface area contributed by atoms with E-state index in [1.54, 1.807) is 23.2 Å². The molecule has 196 valence electrons. The minimum Gasteiger partial charge on any atom is -0.478 e. The van der Waals surface area contributed by atoms with E-state index in [9.17, 15) is 19.5 Å². The molecule has 2 aromatic heterocycles. The SMILES string of the molecule is CCCC(C(=O)c1ccc(C2CCN(C(=O)OC(C)(C)C)CC2)cc1)c1cc2cc(C(=O)O)ccn2c1. The number of rotatable bonds is 7. The summed E-state index contributed by atoms with van der Waals surface area (Å²) in [4.78, 5) is 39.0. The van der Waals surface area contributed by atoms with Gasteiger partial charge in [0.25, 0.3) is 0 Å². The third-order valence-corrected chi connectivity index (χ3v) is 6.98. The fourth-order valence-electron chi connectivity index (χ4n) is 5.04. The Morgan fingerprint density at radius 1 is 1.03 bits per heavy atom. The van der Waals surface area contributed by atoms with Crippen LogP contribution in [0, 0.1) is 0 Å². The smallest absolute Gasteiger partial charge is 0.410 e. The van der Waals surface area contributed by atoms with Crippen LogP contribution in [0.5, 0.6) is 0 Å². The van der Waals surface area contributed by atoms with E-state index >= 15 is 0 Å². The number of nitrogens with zero attached hydrogens (tertiary/aromatic N) is 2. The highest BCUT2D eigenvalue weighted by atomic mass is 16.6. The molecule has 1 aliphatic heterocycles. The maximum absolute atomic E-state index is 13.5. The average molecular weight is 505 g/mol. The van der Waals surface area contributed by atoms with Gasteiger partial charge in [0.15, 0.2) is 5.78 Å². The summed E-state index contributed by atoms with van der Waals surface area (Å²) in [6, 6.07) is 13.0. The van der Waals surface area contributed by atoms with Gasteiger partial charge < -0.3 is 19.1 Å². The second kappa shape index (κ2) is 10.8. The van der Waals surface area contributed by atoms with Gasteiger partial charge in [-0.25, -0.2) is 9.59 Å². The number of Topliss-reactive ketones (excluding diaryl/α,β-unsaturated/α-hetero) is 1. The van der Waals surface area contributed by atoms with Gasteiger partial charge in [0, 0.05) is 42.5 Å². The number of aromatic nitrogens is 1. The Morgan fingerprint density at radius 2 is 1.70 bits per heavy atom. The highest BCUT2D eigenvalue weighted by Gasteiger charge is 2.28. The quantitative estimate of drug-likeness (QED) is 0.370. The van der Waals surface area contributed by atoms with E-state index in [1.807, 2.05) is 61.7 Å². The molecule has 1 atom stereocenters. The van der Waals surface area contributed by atoms with E-state index in [2.05, 4.69) is 6.92 Å². The summed E-state index contributed by atoms with van der Waals surface area (Å²) in [5.74, 6) is -0.847. The number of piperidine rings is 1. The zero-order valence-electron chi connectivity index (χ0n) is 22.1. The molecule has 1 unspecified atom stereocenters. The monoisotopic (exact) mass is 504 g/mol. The van der Waals surface area contributed by atoms with Crippen molar-refractivity contribution in [3.8, 4) is 0 Å². The van der Waals surface area contributed by atoms with Gasteiger partial charge in [0.1, 0.15) is 5.60 Å². The minimum atomic E-state index is -0.970. The third-order valence-electron chi connectivity index (χ3n) is 6.98. The van der Waals surface area contributed by atoms with E-state index < -0.39 is 11.6 Å². The molecule has 7 heteroatoms. The zero-order chi connectivity index (χ0) is 26.7. The molecule has 37 heavy (non-hydrogen) atoms. The summed E-state index contributed by atoms with van der Waals surface area (Å²) >= 11 is 0. The largest absolute Gasteiger partial charge is 0.478 e. The Balaban J connectivity index is 1.45. The lowest BCUT2D eigenvalue weighted by atomic mass is 9.86. The molecule has 1 aromatic carbocycles. The molecule has 7 nitrogen and oxygen atoms in total. The number of aromatic carboxylic acids is 1. The molecule has 4 rings (SSSR count). The van der Waals surface area contributed by atoms with Crippen LogP contribution in [0.25, 0.3) is 5.52 Å². The molecule has 3 heterocycles. The number of hydrogen-bond acceptors (Lipinski definition) is 4. The minimum absolute atomic E-state index is 0.0718. The average Bonchev–Trinajstić information content (AvgIpc) is 3.29. The Labute approximate surface area is 218 Å². The van der Waals surface area contributed by atoms with Gasteiger partial charge in [-0.1, -0.05) is 37.6 Å². The fourth-order valence-corrected chi connectivity index (χ4v) is 5.04. The number of carbonyl (C=O) groups is 3. The molecule has 1 aliphatic rings. The van der Waals surface area contributed by atoms with E-state index in [0.29, 0.717) is 31.0 Å². The number of hydrogen-bond donors (Lipinski definition) is 1. The summed E-state index contributed by atoms with van der Waals surface area (Å²) in [5.41, 5.74) is 3.24. The summed E-state index contributed by atoms with van der Waals surface area (Å²) in [5, 5.41) is 9.29. The number of carboxylic acids is 1. The lowest BCUT2D eigenvalue weighted by molar-refractivity contribution is 0.0204. The molecular weight excluding hydrogens is 468 g/mol. The van der Waals surface area contributed by atoms with Gasteiger partial charge in [-0.2, -0.15) is 0 Å². The molecule has 3 aromatic rings. The Morgan fingerprint density at radius 3 is 2.30 bits per heavy atom. The van der Waals surface area contributed by atoms with Gasteiger partial charge >= 0.3 is 12.1 Å². The summed E-state index contributed by atoms with van der Waals surface area (Å²) in [7, 11) is 0. The second-order valence-corrected chi connectivity index (χ2v) is 10.9. The lowest BCUT2D eigenvalue weighted by Crippen LogP contribution is -2.41. The number of carbonyl (C=O) groups excluding carboxylic acids is 2. The maximum Gasteiger partial charge on any atom is 0.410 e. The van der Waals surface area contributed by atoms with Crippen molar-refractivity contribution in [3.63, 3.8) is 0 Å². The summed E-state index contributed by atoms with van der Waals surface area (Å²) < 4.78 is 7.36. The van der Waals surface area contributed by atoms with Crippen LogP contribution in [0.4, 0.5) is 4.79 Å². The van der Waals surface area contributed by atoms with Gasteiger partial charge in [-0.3, -0.25) is 4.79 Å². The molecule has 1 N–H and O–H groups in total. The van der Waals surface area contributed by atoms with Gasteiger partial charge in [0.2, 0.25) is 0 Å². The second-order valence-electron chi connectivity index (χ2n) is 10.9. The van der Waals surface area contributed by atoms with Crippen LogP contribution < -0.4 is 0 Å². The Kier molecular flexibility index (Phi) is 7.71. The zero-order valence-corrected chi connectivity index (χ0v) is 22.1. The molecule has 0 radical (unpaired) electrons. The topological polar surface area (TPSA) is 88.3 Å². The molecular formula is C30H36N2O5. The van der Waals surface area contributed by atoms with Gasteiger partial charge in [-0.05, 0) is 75.3 Å². The van der Waals surface area contributed by atoms with Gasteiger partial charge in [0.05, 0.1) is 5.56 Å². The highest BCUT2D eigenvalue weighted by molar-refractivity contribution is 6.01. The highest BCUT2D eigenvalue weighted by Crippen LogP contribution is 2.31. The standard InChI is InChI=1S/C30H36N2O5/c1-5-6-26(24-18-25-17-23(28(34)35)13-16-32(25)19-24)27(33)22-9-7-20(8-10-22)21-11-14-31(15-12-21)29(36)37-30(2,3)4/h7-10,13,16-19,21,26H,5-6,11-12,14-15H2,1-4H3,(H,34,35). The number of ketones is 1. The maximum atomic E-state index is 13.5. The van der Waals surface area contributed by atoms with Crippen LogP contribution in [0.15, 0.2) is 54.9 Å². The van der Waals surface area contributed by atoms with Crippen LogP contribution in [-0.2, 0) is 4.74 Å². The fraction of sp³-hybridized carbons (Fsp3) is 0.433. The first-order valence-corrected chi connectivity index (χ1v) is 13.0. The van der Waals surface area contributed by atoms with Crippen molar-refractivity contribution >= 4 is 23.4 Å². The predicted octanol–water partition coefficient (Wildman–Crippen LogP) is 6.52. The number of pyridine rings is 1. The van der Waals surface area contributed by atoms with Crippen molar-refractivity contribution in [1.29, 1.82) is 0 Å². The predicted molar refractivity (Wildman–Crippen MR) is 143 cm³/mol. The van der Waals surface area contributed by atoms with E-state index in [1.165, 1.54) is 5.56 Å². The van der Waals surface area contributed by atoms with Crippen LogP contribution in [0.1, 0.15) is 97.1 Å². The molecule has 1 saturated heterocycles. The molecule has 1 amide bonds. The van der Waals surface area contributed by atoms with Crippen molar-refractivity contribution in [3.05, 3.63) is 77.1 Å². The number of fused-ring (bicyclic) bond motifs is 1. The molecule has 0 spiro atoms. The van der Waals surface area contributed by atoms with Crippen LogP contribution in [0.2, 0.25) is 0 Å². The van der Waals surface area contributed by atoms with Crippen molar-refractivity contribution in [1.82, 2.24) is 9.30 Å². The number of carboxylic acid groups (broad SMARTS) is 1. The molecule has 1 fully saturated rings. The first-order valence-electron chi connectivity index (χ1n) is 13.0. The number of ether oxygens (including phenoxy) is 1. The van der Waals surface area contributed by atoms with E-state index in [-0.39, 0.29) is 23.4 Å². The Hall–Kier alpha value is -3.61. The first kappa shape index (κ1) is 26.5. The van der Waals surface area contributed by atoms with E-state index in [4.69, 9.17) is 4.74 Å². The third kappa shape index (κ3) is 6.21. The number of likely N-dealkylation sites (tertiary alicyclic amines) is 1. The van der Waals surface area contributed by atoms with Crippen LogP contribution >= 0.6 is 0 Å². The Bertz CT molecular complexity index is 1280. The lowest BCUT2D eigenvalue weighted by Gasteiger charge is -2.33. The molecule has 0 bridgehead atoms. The van der Waals surface area contributed by atoms with Crippen molar-refractivity contribution in [2.45, 2.75) is 70.8 Å². The van der Waals surface area contributed by atoms with Gasteiger partial charge in [-0.15, -0.1) is 0 Å².